The quantitative estimate of drug-likeness (QED) is 0.749. The van der Waals surface area contributed by atoms with Gasteiger partial charge in [0.2, 0.25) is 0 Å². The van der Waals surface area contributed by atoms with Gasteiger partial charge >= 0.3 is 0 Å². The maximum Gasteiger partial charge on any atom is 0.251 e. The number of nitrogens with zero attached hydrogens (tertiary/aromatic N) is 5. The van der Waals surface area contributed by atoms with E-state index in [1.807, 2.05) is 38.4 Å². The Balaban J connectivity index is 1.48. The van der Waals surface area contributed by atoms with Gasteiger partial charge in [-0.05, 0) is 31.9 Å². The smallest absolute Gasteiger partial charge is 0.251 e. The highest BCUT2D eigenvalue weighted by molar-refractivity contribution is 5.96. The summed E-state index contributed by atoms with van der Waals surface area (Å²) in [6.07, 6.45) is 6.17. The van der Waals surface area contributed by atoms with Crippen molar-refractivity contribution < 1.29 is 9.53 Å². The van der Waals surface area contributed by atoms with Gasteiger partial charge < -0.3 is 14.6 Å². The molecule has 1 atom stereocenters. The average Bonchev–Trinajstić information content (AvgIpc) is 3.24. The van der Waals surface area contributed by atoms with Crippen LogP contribution in [0.25, 0.3) is 11.4 Å². The number of hydrogen-bond acceptors (Lipinski definition) is 5. The first-order valence-electron chi connectivity index (χ1n) is 9.42. The van der Waals surface area contributed by atoms with Crippen LogP contribution in [-0.2, 0) is 20.0 Å². The molecule has 0 bridgehead atoms. The predicted molar refractivity (Wildman–Crippen MR) is 104 cm³/mol. The molecule has 3 aromatic rings. The van der Waals surface area contributed by atoms with Crippen molar-refractivity contribution in [3.63, 3.8) is 0 Å². The standard InChI is InChI=1S/C20H24N6O2/c1-13-16(5-4-6-17(13)28-3)20(27)22-15-7-8-18-23-24-19(26(18)10-9-15)14-11-21-25(2)12-14/h4-6,11-12,15H,7-10H2,1-3H3,(H,22,27). The highest BCUT2D eigenvalue weighted by atomic mass is 16.5. The Hall–Kier alpha value is -3.16. The summed E-state index contributed by atoms with van der Waals surface area (Å²) in [6, 6.07) is 5.62. The van der Waals surface area contributed by atoms with Crippen molar-refractivity contribution in [2.24, 2.45) is 7.05 Å². The van der Waals surface area contributed by atoms with Crippen molar-refractivity contribution in [3.05, 3.63) is 47.5 Å². The third kappa shape index (κ3) is 3.37. The van der Waals surface area contributed by atoms with Crippen LogP contribution in [-0.4, -0.2) is 43.6 Å². The minimum Gasteiger partial charge on any atom is -0.496 e. The summed E-state index contributed by atoms with van der Waals surface area (Å²) in [5.41, 5.74) is 2.46. The van der Waals surface area contributed by atoms with E-state index < -0.39 is 0 Å². The molecule has 1 unspecified atom stereocenters. The van der Waals surface area contributed by atoms with Crippen LogP contribution in [0.3, 0.4) is 0 Å². The third-order valence-corrected chi connectivity index (χ3v) is 5.29. The summed E-state index contributed by atoms with van der Waals surface area (Å²) < 4.78 is 9.23. The fraction of sp³-hybridized carbons (Fsp3) is 0.400. The lowest BCUT2D eigenvalue weighted by atomic mass is 10.0. The van der Waals surface area contributed by atoms with E-state index in [2.05, 4.69) is 25.2 Å². The zero-order chi connectivity index (χ0) is 19.7. The van der Waals surface area contributed by atoms with E-state index in [9.17, 15) is 4.79 Å². The highest BCUT2D eigenvalue weighted by Gasteiger charge is 2.23. The van der Waals surface area contributed by atoms with Gasteiger partial charge in [0.1, 0.15) is 11.6 Å². The Morgan fingerprint density at radius 3 is 2.89 bits per heavy atom. The zero-order valence-corrected chi connectivity index (χ0v) is 16.3. The minimum absolute atomic E-state index is 0.0634. The van der Waals surface area contributed by atoms with Gasteiger partial charge in [0.15, 0.2) is 5.82 Å². The molecule has 3 heterocycles. The summed E-state index contributed by atoms with van der Waals surface area (Å²) in [4.78, 5) is 12.8. The number of fused-ring (bicyclic) bond motifs is 1. The van der Waals surface area contributed by atoms with Crippen molar-refractivity contribution in [2.45, 2.75) is 38.8 Å². The van der Waals surface area contributed by atoms with Gasteiger partial charge in [0, 0.05) is 43.4 Å². The Bertz CT molecular complexity index is 1010. The number of methoxy groups -OCH3 is 1. The molecule has 1 aromatic carbocycles. The van der Waals surface area contributed by atoms with Crippen LogP contribution in [0.4, 0.5) is 0 Å². The van der Waals surface area contributed by atoms with Crippen molar-refractivity contribution in [1.82, 2.24) is 29.9 Å². The molecule has 1 N–H and O–H groups in total. The number of aromatic nitrogens is 5. The first kappa shape index (κ1) is 18.2. The van der Waals surface area contributed by atoms with E-state index >= 15 is 0 Å². The summed E-state index contributed by atoms with van der Waals surface area (Å²) in [7, 11) is 3.50. The minimum atomic E-state index is -0.0634. The fourth-order valence-electron chi connectivity index (χ4n) is 3.73. The highest BCUT2D eigenvalue weighted by Crippen LogP contribution is 2.24. The van der Waals surface area contributed by atoms with Crippen LogP contribution in [0.5, 0.6) is 5.75 Å². The van der Waals surface area contributed by atoms with E-state index in [0.717, 1.165) is 54.3 Å². The molecule has 146 valence electrons. The molecule has 0 saturated carbocycles. The molecule has 1 aliphatic rings. The zero-order valence-electron chi connectivity index (χ0n) is 16.3. The second kappa shape index (κ2) is 7.46. The van der Waals surface area contributed by atoms with Crippen molar-refractivity contribution >= 4 is 5.91 Å². The van der Waals surface area contributed by atoms with Gasteiger partial charge in [0.05, 0.1) is 18.9 Å². The van der Waals surface area contributed by atoms with E-state index in [0.29, 0.717) is 5.56 Å². The molecule has 8 nitrogen and oxygen atoms in total. The Morgan fingerprint density at radius 1 is 1.29 bits per heavy atom. The van der Waals surface area contributed by atoms with Gasteiger partial charge in [-0.15, -0.1) is 10.2 Å². The first-order valence-corrected chi connectivity index (χ1v) is 9.42. The van der Waals surface area contributed by atoms with Crippen molar-refractivity contribution in [1.29, 1.82) is 0 Å². The first-order chi connectivity index (χ1) is 13.6. The molecule has 1 aliphatic heterocycles. The van der Waals surface area contributed by atoms with E-state index in [-0.39, 0.29) is 11.9 Å². The number of carbonyl (C=O) groups excluding carboxylic acids is 1. The third-order valence-electron chi connectivity index (χ3n) is 5.29. The Morgan fingerprint density at radius 2 is 2.14 bits per heavy atom. The Kier molecular flexibility index (Phi) is 4.85. The molecule has 8 heteroatoms. The summed E-state index contributed by atoms with van der Waals surface area (Å²) in [6.45, 7) is 2.66. The van der Waals surface area contributed by atoms with Gasteiger partial charge in [-0.25, -0.2) is 0 Å². The molecule has 0 radical (unpaired) electrons. The number of aryl methyl sites for hydroxylation is 2. The lowest BCUT2D eigenvalue weighted by molar-refractivity contribution is 0.0932. The molecule has 2 aromatic heterocycles. The molecule has 4 rings (SSSR count). The van der Waals surface area contributed by atoms with Crippen LogP contribution in [0.15, 0.2) is 30.6 Å². The predicted octanol–water partition coefficient (Wildman–Crippen LogP) is 2.13. The van der Waals surface area contributed by atoms with Crippen LogP contribution in [0.2, 0.25) is 0 Å². The van der Waals surface area contributed by atoms with Crippen molar-refractivity contribution in [2.75, 3.05) is 7.11 Å². The summed E-state index contributed by atoms with van der Waals surface area (Å²) >= 11 is 0. The van der Waals surface area contributed by atoms with Crippen LogP contribution < -0.4 is 10.1 Å². The lowest BCUT2D eigenvalue weighted by Crippen LogP contribution is -2.35. The van der Waals surface area contributed by atoms with E-state index in [1.165, 1.54) is 0 Å². The maximum atomic E-state index is 12.8. The molecule has 1 amide bonds. The number of amides is 1. The SMILES string of the molecule is COc1cccc(C(=O)NC2CCc3nnc(-c4cnn(C)c4)n3CC2)c1C. The largest absolute Gasteiger partial charge is 0.496 e. The average molecular weight is 380 g/mol. The number of nitrogens with one attached hydrogen (secondary N) is 1. The topological polar surface area (TPSA) is 86.9 Å². The normalized spacial score (nSPS) is 16.3. The van der Waals surface area contributed by atoms with E-state index in [4.69, 9.17) is 4.74 Å². The van der Waals surface area contributed by atoms with Gasteiger partial charge in [0.25, 0.3) is 5.91 Å². The number of ether oxygens (including phenoxy) is 1. The number of rotatable bonds is 4. The lowest BCUT2D eigenvalue weighted by Gasteiger charge is -2.17. The van der Waals surface area contributed by atoms with E-state index in [1.54, 1.807) is 18.0 Å². The molecular formula is C20H24N6O2. The maximum absolute atomic E-state index is 12.8. The number of benzene rings is 1. The van der Waals surface area contributed by atoms with Crippen LogP contribution in [0.1, 0.15) is 34.6 Å². The van der Waals surface area contributed by atoms with Crippen LogP contribution in [0, 0.1) is 6.92 Å². The fourth-order valence-corrected chi connectivity index (χ4v) is 3.73. The van der Waals surface area contributed by atoms with Gasteiger partial charge in [-0.1, -0.05) is 6.07 Å². The number of carbonyl (C=O) groups is 1. The second-order valence-corrected chi connectivity index (χ2v) is 7.12. The Labute approximate surface area is 163 Å². The monoisotopic (exact) mass is 380 g/mol. The summed E-state index contributed by atoms with van der Waals surface area (Å²) in [5.74, 6) is 2.44. The van der Waals surface area contributed by atoms with Gasteiger partial charge in [-0.2, -0.15) is 5.10 Å². The van der Waals surface area contributed by atoms with Gasteiger partial charge in [-0.3, -0.25) is 9.48 Å². The molecule has 0 spiro atoms. The molecular weight excluding hydrogens is 356 g/mol. The molecule has 0 aliphatic carbocycles. The number of hydrogen-bond donors (Lipinski definition) is 1. The van der Waals surface area contributed by atoms with Crippen molar-refractivity contribution in [3.8, 4) is 17.1 Å². The molecule has 28 heavy (non-hydrogen) atoms. The molecule has 0 fully saturated rings. The summed E-state index contributed by atoms with van der Waals surface area (Å²) in [5, 5.41) is 16.1. The second-order valence-electron chi connectivity index (χ2n) is 7.12. The van der Waals surface area contributed by atoms with Crippen LogP contribution >= 0.6 is 0 Å². The molecule has 0 saturated heterocycles.